The van der Waals surface area contributed by atoms with E-state index in [9.17, 15) is 9.59 Å². The predicted octanol–water partition coefficient (Wildman–Crippen LogP) is 2.03. The van der Waals surface area contributed by atoms with Crippen molar-refractivity contribution in [1.82, 2.24) is 10.6 Å². The minimum atomic E-state index is -0.850. The summed E-state index contributed by atoms with van der Waals surface area (Å²) in [5.74, 6) is -0.931. The van der Waals surface area contributed by atoms with Crippen LogP contribution in [-0.2, 0) is 11.2 Å². The van der Waals surface area contributed by atoms with Crippen molar-refractivity contribution in [2.24, 2.45) is 5.92 Å². The maximum absolute atomic E-state index is 11.7. The molecule has 0 aliphatic heterocycles. The molecule has 1 aromatic rings. The highest BCUT2D eigenvalue weighted by Crippen LogP contribution is 2.03. The van der Waals surface area contributed by atoms with Crippen LogP contribution in [0.15, 0.2) is 30.3 Å². The molecule has 0 aromatic heterocycles. The van der Waals surface area contributed by atoms with Crippen molar-refractivity contribution in [1.29, 1.82) is 0 Å². The molecule has 0 spiro atoms. The summed E-state index contributed by atoms with van der Waals surface area (Å²) in [6.45, 7) is 4.09. The number of amides is 2. The number of nitrogens with one attached hydrogen (secondary N) is 2. The van der Waals surface area contributed by atoms with E-state index in [1.807, 2.05) is 37.3 Å². The van der Waals surface area contributed by atoms with Crippen molar-refractivity contribution < 1.29 is 14.7 Å². The third kappa shape index (κ3) is 6.78. The Morgan fingerprint density at radius 3 is 2.45 bits per heavy atom. The maximum Gasteiger partial charge on any atom is 0.315 e. The molecule has 1 rings (SSSR count). The van der Waals surface area contributed by atoms with Gasteiger partial charge in [-0.3, -0.25) is 4.79 Å². The lowest BCUT2D eigenvalue weighted by atomic mass is 10.1. The van der Waals surface area contributed by atoms with E-state index < -0.39 is 5.97 Å². The quantitative estimate of drug-likeness (QED) is 0.714. The van der Waals surface area contributed by atoms with Crippen molar-refractivity contribution in [3.05, 3.63) is 35.9 Å². The summed E-state index contributed by atoms with van der Waals surface area (Å²) >= 11 is 0. The number of carboxylic acids is 1. The Balaban J connectivity index is 2.26. The van der Waals surface area contributed by atoms with E-state index >= 15 is 0 Å². The van der Waals surface area contributed by atoms with Crippen LogP contribution in [0.2, 0.25) is 0 Å². The molecule has 0 fully saturated rings. The number of hydrogen-bond donors (Lipinski definition) is 3. The first-order valence-electron chi connectivity index (χ1n) is 6.77. The molecule has 0 heterocycles. The van der Waals surface area contributed by atoms with Gasteiger partial charge in [0.05, 0.1) is 0 Å². The van der Waals surface area contributed by atoms with Crippen LogP contribution in [0.5, 0.6) is 0 Å². The van der Waals surface area contributed by atoms with Gasteiger partial charge in [0.1, 0.15) is 0 Å². The SMILES string of the molecule is CC(CNC(=O)NC(C)Cc1ccccc1)CC(=O)O. The van der Waals surface area contributed by atoms with Crippen molar-refractivity contribution in [3.8, 4) is 0 Å². The fraction of sp³-hybridized carbons (Fsp3) is 0.467. The minimum absolute atomic E-state index is 0.0205. The summed E-state index contributed by atoms with van der Waals surface area (Å²) in [5.41, 5.74) is 1.17. The maximum atomic E-state index is 11.7. The molecule has 5 heteroatoms. The van der Waals surface area contributed by atoms with Crippen LogP contribution in [0.3, 0.4) is 0 Å². The molecule has 0 aliphatic carbocycles. The zero-order valence-corrected chi connectivity index (χ0v) is 11.9. The topological polar surface area (TPSA) is 78.4 Å². The summed E-state index contributed by atoms with van der Waals surface area (Å²) in [7, 11) is 0. The summed E-state index contributed by atoms with van der Waals surface area (Å²) in [6, 6.07) is 9.69. The summed E-state index contributed by atoms with van der Waals surface area (Å²) in [4.78, 5) is 22.2. The predicted molar refractivity (Wildman–Crippen MR) is 77.6 cm³/mol. The van der Waals surface area contributed by atoms with Gasteiger partial charge in [-0.15, -0.1) is 0 Å². The second-order valence-corrected chi connectivity index (χ2v) is 5.15. The Labute approximate surface area is 119 Å². The van der Waals surface area contributed by atoms with Gasteiger partial charge in [-0.05, 0) is 24.8 Å². The van der Waals surface area contributed by atoms with Crippen LogP contribution in [0, 0.1) is 5.92 Å². The minimum Gasteiger partial charge on any atom is -0.481 e. The van der Waals surface area contributed by atoms with Gasteiger partial charge in [-0.25, -0.2) is 4.79 Å². The molecule has 0 radical (unpaired) electrons. The van der Waals surface area contributed by atoms with Gasteiger partial charge < -0.3 is 15.7 Å². The molecule has 2 atom stereocenters. The molecule has 0 aliphatic rings. The molecular weight excluding hydrogens is 256 g/mol. The average molecular weight is 278 g/mol. The monoisotopic (exact) mass is 278 g/mol. The number of carbonyl (C=O) groups is 2. The highest BCUT2D eigenvalue weighted by Gasteiger charge is 2.11. The molecule has 2 unspecified atom stereocenters. The van der Waals surface area contributed by atoms with E-state index in [0.29, 0.717) is 6.54 Å². The van der Waals surface area contributed by atoms with Crippen LogP contribution >= 0.6 is 0 Å². The number of benzene rings is 1. The van der Waals surface area contributed by atoms with E-state index in [1.165, 1.54) is 5.56 Å². The normalized spacial score (nSPS) is 13.3. The lowest BCUT2D eigenvalue weighted by Gasteiger charge is -2.16. The van der Waals surface area contributed by atoms with Crippen molar-refractivity contribution in [2.45, 2.75) is 32.7 Å². The van der Waals surface area contributed by atoms with Crippen LogP contribution < -0.4 is 10.6 Å². The van der Waals surface area contributed by atoms with E-state index in [4.69, 9.17) is 5.11 Å². The van der Waals surface area contributed by atoms with E-state index in [2.05, 4.69) is 10.6 Å². The summed E-state index contributed by atoms with van der Waals surface area (Å²) < 4.78 is 0. The summed E-state index contributed by atoms with van der Waals surface area (Å²) in [5, 5.41) is 14.2. The van der Waals surface area contributed by atoms with Gasteiger partial charge in [0.15, 0.2) is 0 Å². The lowest BCUT2D eigenvalue weighted by molar-refractivity contribution is -0.137. The third-order valence-corrected chi connectivity index (χ3v) is 2.90. The van der Waals surface area contributed by atoms with Gasteiger partial charge in [-0.2, -0.15) is 0 Å². The molecule has 0 saturated carbocycles. The Hall–Kier alpha value is -2.04. The Bertz CT molecular complexity index is 434. The van der Waals surface area contributed by atoms with Crippen LogP contribution in [0.1, 0.15) is 25.8 Å². The molecule has 0 saturated heterocycles. The van der Waals surface area contributed by atoms with Crippen LogP contribution in [-0.4, -0.2) is 29.7 Å². The van der Waals surface area contributed by atoms with E-state index in [1.54, 1.807) is 6.92 Å². The average Bonchev–Trinajstić information content (AvgIpc) is 2.36. The highest BCUT2D eigenvalue weighted by atomic mass is 16.4. The van der Waals surface area contributed by atoms with Gasteiger partial charge >= 0.3 is 12.0 Å². The van der Waals surface area contributed by atoms with Crippen molar-refractivity contribution in [3.63, 3.8) is 0 Å². The first kappa shape index (κ1) is 16.0. The first-order valence-corrected chi connectivity index (χ1v) is 6.77. The standard InChI is InChI=1S/C15H22N2O3/c1-11(8-14(18)19)10-16-15(20)17-12(2)9-13-6-4-3-5-7-13/h3-7,11-12H,8-10H2,1-2H3,(H,18,19)(H2,16,17,20). The molecule has 110 valence electrons. The number of hydrogen-bond acceptors (Lipinski definition) is 2. The second-order valence-electron chi connectivity index (χ2n) is 5.15. The van der Waals surface area contributed by atoms with Crippen molar-refractivity contribution >= 4 is 12.0 Å². The van der Waals surface area contributed by atoms with E-state index in [0.717, 1.165) is 6.42 Å². The lowest BCUT2D eigenvalue weighted by Crippen LogP contribution is -2.43. The number of urea groups is 1. The fourth-order valence-corrected chi connectivity index (χ4v) is 1.93. The highest BCUT2D eigenvalue weighted by molar-refractivity contribution is 5.74. The number of carbonyl (C=O) groups excluding carboxylic acids is 1. The molecule has 20 heavy (non-hydrogen) atoms. The van der Waals surface area contributed by atoms with Gasteiger partial charge in [0.25, 0.3) is 0 Å². The van der Waals surface area contributed by atoms with Gasteiger partial charge in [0.2, 0.25) is 0 Å². The zero-order chi connectivity index (χ0) is 15.0. The number of rotatable bonds is 7. The van der Waals surface area contributed by atoms with Gasteiger partial charge in [-0.1, -0.05) is 37.3 Å². The second kappa shape index (κ2) is 8.19. The third-order valence-electron chi connectivity index (χ3n) is 2.90. The zero-order valence-electron chi connectivity index (χ0n) is 11.9. The molecule has 5 nitrogen and oxygen atoms in total. The largest absolute Gasteiger partial charge is 0.481 e. The van der Waals surface area contributed by atoms with Crippen LogP contribution in [0.4, 0.5) is 4.79 Å². The first-order chi connectivity index (χ1) is 9.47. The Morgan fingerprint density at radius 1 is 1.20 bits per heavy atom. The Kier molecular flexibility index (Phi) is 6.56. The van der Waals surface area contributed by atoms with Crippen molar-refractivity contribution in [2.75, 3.05) is 6.54 Å². The Morgan fingerprint density at radius 2 is 1.85 bits per heavy atom. The van der Waals surface area contributed by atoms with E-state index in [-0.39, 0.29) is 24.4 Å². The summed E-state index contributed by atoms with van der Waals surface area (Å²) in [6.07, 6.45) is 0.818. The van der Waals surface area contributed by atoms with Crippen LogP contribution in [0.25, 0.3) is 0 Å². The molecule has 3 N–H and O–H groups in total. The molecule has 1 aromatic carbocycles. The number of aliphatic carboxylic acids is 1. The molecular formula is C15H22N2O3. The fourth-order valence-electron chi connectivity index (χ4n) is 1.93. The smallest absolute Gasteiger partial charge is 0.315 e. The van der Waals surface area contributed by atoms with Gasteiger partial charge in [0, 0.05) is 19.0 Å². The molecule has 0 bridgehead atoms. The molecule has 2 amide bonds. The number of carboxylic acid groups (broad SMARTS) is 1.